The molecule has 0 aliphatic heterocycles. The molecule has 0 aliphatic carbocycles. The summed E-state index contributed by atoms with van der Waals surface area (Å²) in [6.07, 6.45) is 0.923. The van der Waals surface area contributed by atoms with Crippen LogP contribution in [0.25, 0.3) is 0 Å². The lowest BCUT2D eigenvalue weighted by molar-refractivity contribution is -0.121. The third kappa shape index (κ3) is 6.30. The van der Waals surface area contributed by atoms with Crippen LogP contribution in [-0.2, 0) is 11.2 Å². The van der Waals surface area contributed by atoms with E-state index in [1.165, 1.54) is 0 Å². The van der Waals surface area contributed by atoms with Crippen molar-refractivity contribution in [2.45, 2.75) is 26.7 Å². The maximum atomic E-state index is 12.3. The van der Waals surface area contributed by atoms with Crippen molar-refractivity contribution in [3.05, 3.63) is 65.7 Å². The van der Waals surface area contributed by atoms with E-state index in [-0.39, 0.29) is 5.91 Å². The number of aryl methyl sites for hydroxylation is 1. The minimum Gasteiger partial charge on any atom is -0.492 e. The third-order valence-corrected chi connectivity index (χ3v) is 3.50. The Bertz CT molecular complexity index is 699. The highest BCUT2D eigenvalue weighted by Crippen LogP contribution is 2.18. The zero-order valence-electron chi connectivity index (χ0n) is 14.6. The van der Waals surface area contributed by atoms with Crippen molar-refractivity contribution < 1.29 is 14.3 Å². The van der Waals surface area contributed by atoms with Gasteiger partial charge in [-0.05, 0) is 30.0 Å². The molecule has 132 valence electrons. The van der Waals surface area contributed by atoms with Gasteiger partial charge >= 0.3 is 0 Å². The first-order valence-corrected chi connectivity index (χ1v) is 8.41. The second-order valence-corrected chi connectivity index (χ2v) is 6.19. The number of benzene rings is 2. The Labute approximate surface area is 148 Å². The van der Waals surface area contributed by atoms with Crippen molar-refractivity contribution in [1.29, 1.82) is 0 Å². The highest BCUT2D eigenvalue weighted by molar-refractivity contribution is 5.97. The molecule has 0 unspecified atom stereocenters. The van der Waals surface area contributed by atoms with E-state index in [9.17, 15) is 9.59 Å². The Kier molecular flexibility index (Phi) is 7.01. The van der Waals surface area contributed by atoms with Gasteiger partial charge in [-0.25, -0.2) is 0 Å². The van der Waals surface area contributed by atoms with Crippen LogP contribution in [0.2, 0.25) is 0 Å². The van der Waals surface area contributed by atoms with Gasteiger partial charge < -0.3 is 4.74 Å². The summed E-state index contributed by atoms with van der Waals surface area (Å²) in [6.45, 7) is 4.60. The van der Waals surface area contributed by atoms with Gasteiger partial charge in [-0.15, -0.1) is 0 Å². The first kappa shape index (κ1) is 18.5. The Morgan fingerprint density at radius 3 is 2.36 bits per heavy atom. The summed E-state index contributed by atoms with van der Waals surface area (Å²) in [5, 5.41) is 0. The van der Waals surface area contributed by atoms with Crippen molar-refractivity contribution in [3.8, 4) is 5.75 Å². The highest BCUT2D eigenvalue weighted by Gasteiger charge is 2.13. The van der Waals surface area contributed by atoms with E-state index in [4.69, 9.17) is 4.74 Å². The van der Waals surface area contributed by atoms with E-state index in [0.717, 1.165) is 5.56 Å². The topological polar surface area (TPSA) is 67.4 Å². The van der Waals surface area contributed by atoms with Crippen molar-refractivity contribution in [3.63, 3.8) is 0 Å². The molecule has 0 fully saturated rings. The predicted octanol–water partition coefficient (Wildman–Crippen LogP) is 3.12. The second-order valence-electron chi connectivity index (χ2n) is 6.19. The summed E-state index contributed by atoms with van der Waals surface area (Å²) in [6, 6.07) is 16.7. The third-order valence-electron chi connectivity index (χ3n) is 3.50. The summed E-state index contributed by atoms with van der Waals surface area (Å²) in [5.74, 6) is 0.228. The average Bonchev–Trinajstić information content (AvgIpc) is 2.63. The van der Waals surface area contributed by atoms with E-state index in [1.807, 2.05) is 50.2 Å². The smallest absolute Gasteiger partial charge is 0.273 e. The summed E-state index contributed by atoms with van der Waals surface area (Å²) < 4.78 is 5.66. The largest absolute Gasteiger partial charge is 0.492 e. The number of hydrazine groups is 1. The van der Waals surface area contributed by atoms with Crippen LogP contribution in [0.4, 0.5) is 0 Å². The fourth-order valence-electron chi connectivity index (χ4n) is 2.20. The number of ether oxygens (including phenoxy) is 1. The molecule has 2 N–H and O–H groups in total. The minimum atomic E-state index is -0.396. The van der Waals surface area contributed by atoms with Gasteiger partial charge in [0.25, 0.3) is 5.91 Å². The summed E-state index contributed by atoms with van der Waals surface area (Å²) in [5.41, 5.74) is 6.37. The quantitative estimate of drug-likeness (QED) is 0.761. The number of nitrogens with one attached hydrogen (secondary N) is 2. The standard InChI is InChI=1S/C20H24N2O3/c1-15(2)14-25-18-11-7-6-10-17(18)20(24)22-21-19(23)13-12-16-8-4-3-5-9-16/h3-11,15H,12-14H2,1-2H3,(H,21,23)(H,22,24). The molecule has 0 aromatic heterocycles. The van der Waals surface area contributed by atoms with Crippen LogP contribution in [0.1, 0.15) is 36.2 Å². The van der Waals surface area contributed by atoms with Crippen LogP contribution >= 0.6 is 0 Å². The monoisotopic (exact) mass is 340 g/mol. The van der Waals surface area contributed by atoms with Crippen LogP contribution in [0.3, 0.4) is 0 Å². The van der Waals surface area contributed by atoms with Crippen molar-refractivity contribution >= 4 is 11.8 Å². The zero-order valence-corrected chi connectivity index (χ0v) is 14.6. The lowest BCUT2D eigenvalue weighted by Gasteiger charge is -2.13. The number of hydrogen-bond acceptors (Lipinski definition) is 3. The molecular weight excluding hydrogens is 316 g/mol. The average molecular weight is 340 g/mol. The van der Waals surface area contributed by atoms with Gasteiger partial charge in [-0.1, -0.05) is 56.3 Å². The molecule has 0 radical (unpaired) electrons. The minimum absolute atomic E-state index is 0.238. The van der Waals surface area contributed by atoms with E-state index in [2.05, 4.69) is 10.9 Å². The van der Waals surface area contributed by atoms with Crippen molar-refractivity contribution in [1.82, 2.24) is 10.9 Å². The molecule has 5 heteroatoms. The summed E-state index contributed by atoms with van der Waals surface area (Å²) in [4.78, 5) is 24.2. The molecule has 25 heavy (non-hydrogen) atoms. The van der Waals surface area contributed by atoms with Crippen LogP contribution in [0, 0.1) is 5.92 Å². The molecular formula is C20H24N2O3. The van der Waals surface area contributed by atoms with Gasteiger partial charge in [0.1, 0.15) is 5.75 Å². The van der Waals surface area contributed by atoms with Gasteiger partial charge in [-0.3, -0.25) is 20.4 Å². The number of para-hydroxylation sites is 1. The maximum absolute atomic E-state index is 12.3. The van der Waals surface area contributed by atoms with Crippen LogP contribution in [0.5, 0.6) is 5.75 Å². The molecule has 2 aromatic rings. The molecule has 0 saturated heterocycles. The van der Waals surface area contributed by atoms with Crippen LogP contribution < -0.4 is 15.6 Å². The van der Waals surface area contributed by atoms with E-state index >= 15 is 0 Å². The summed E-state index contributed by atoms with van der Waals surface area (Å²) in [7, 11) is 0. The zero-order chi connectivity index (χ0) is 18.1. The van der Waals surface area contributed by atoms with Gasteiger partial charge in [-0.2, -0.15) is 0 Å². The Balaban J connectivity index is 1.84. The number of carbonyl (C=O) groups is 2. The molecule has 2 amide bonds. The predicted molar refractivity (Wildman–Crippen MR) is 97.1 cm³/mol. The van der Waals surface area contributed by atoms with Crippen molar-refractivity contribution in [2.75, 3.05) is 6.61 Å². The molecule has 2 rings (SSSR count). The molecule has 0 atom stereocenters. The molecule has 0 heterocycles. The summed E-state index contributed by atoms with van der Waals surface area (Å²) >= 11 is 0. The normalized spacial score (nSPS) is 10.4. The first-order valence-electron chi connectivity index (χ1n) is 8.41. The Morgan fingerprint density at radius 2 is 1.64 bits per heavy atom. The van der Waals surface area contributed by atoms with E-state index in [1.54, 1.807) is 18.2 Å². The molecule has 0 spiro atoms. The Hall–Kier alpha value is -2.82. The van der Waals surface area contributed by atoms with Gasteiger partial charge in [0, 0.05) is 6.42 Å². The van der Waals surface area contributed by atoms with Gasteiger partial charge in [0.2, 0.25) is 5.91 Å². The molecule has 0 bridgehead atoms. The first-order chi connectivity index (χ1) is 12.1. The number of carbonyl (C=O) groups excluding carboxylic acids is 2. The van der Waals surface area contributed by atoms with E-state index in [0.29, 0.717) is 36.7 Å². The molecule has 5 nitrogen and oxygen atoms in total. The van der Waals surface area contributed by atoms with Crippen LogP contribution in [0.15, 0.2) is 54.6 Å². The number of hydrogen-bond donors (Lipinski definition) is 2. The van der Waals surface area contributed by atoms with Crippen molar-refractivity contribution in [2.24, 2.45) is 5.92 Å². The lowest BCUT2D eigenvalue weighted by Crippen LogP contribution is -2.41. The van der Waals surface area contributed by atoms with Gasteiger partial charge in [0.15, 0.2) is 0 Å². The number of amides is 2. The lowest BCUT2D eigenvalue weighted by atomic mass is 10.1. The molecule has 0 saturated carbocycles. The van der Waals surface area contributed by atoms with E-state index < -0.39 is 5.91 Å². The number of rotatable bonds is 7. The second kappa shape index (κ2) is 9.47. The fraction of sp³-hybridized carbons (Fsp3) is 0.300. The van der Waals surface area contributed by atoms with Crippen LogP contribution in [-0.4, -0.2) is 18.4 Å². The fourth-order valence-corrected chi connectivity index (χ4v) is 2.20. The van der Waals surface area contributed by atoms with Gasteiger partial charge in [0.05, 0.1) is 12.2 Å². The molecule has 0 aliphatic rings. The maximum Gasteiger partial charge on any atom is 0.273 e. The molecule has 2 aromatic carbocycles. The SMILES string of the molecule is CC(C)COc1ccccc1C(=O)NNC(=O)CCc1ccccc1. The Morgan fingerprint density at radius 1 is 0.960 bits per heavy atom. The highest BCUT2D eigenvalue weighted by atomic mass is 16.5.